The van der Waals surface area contributed by atoms with Crippen molar-refractivity contribution in [3.8, 4) is 22.8 Å². The van der Waals surface area contributed by atoms with Crippen LogP contribution < -0.4 is 9.47 Å². The number of nitrogens with zero attached hydrogens (tertiary/aromatic N) is 2. The highest BCUT2D eigenvalue weighted by Crippen LogP contribution is 2.38. The highest BCUT2D eigenvalue weighted by Gasteiger charge is 2.16. The standard InChI is InChI=1S/C17H22N2O2/c1-6-7-16-18-12(3)10-13(19-16)17-14(20-4)8-11(2)9-15(17)21-5/h8-10H,6-7H2,1-5H3. The SMILES string of the molecule is CCCc1nc(C)cc(-c2c(OC)cc(C)cc2OC)n1. The highest BCUT2D eigenvalue weighted by atomic mass is 16.5. The molecule has 0 spiro atoms. The molecule has 0 bridgehead atoms. The van der Waals surface area contributed by atoms with Crippen LogP contribution in [0.4, 0.5) is 0 Å². The van der Waals surface area contributed by atoms with E-state index in [1.165, 1.54) is 0 Å². The van der Waals surface area contributed by atoms with Crippen LogP contribution in [-0.2, 0) is 6.42 Å². The third kappa shape index (κ3) is 3.32. The molecule has 1 heterocycles. The smallest absolute Gasteiger partial charge is 0.132 e. The lowest BCUT2D eigenvalue weighted by Gasteiger charge is -2.15. The van der Waals surface area contributed by atoms with E-state index in [-0.39, 0.29) is 0 Å². The van der Waals surface area contributed by atoms with E-state index in [4.69, 9.17) is 9.47 Å². The van der Waals surface area contributed by atoms with Gasteiger partial charge < -0.3 is 9.47 Å². The summed E-state index contributed by atoms with van der Waals surface area (Å²) in [7, 11) is 3.33. The Bertz CT molecular complexity index is 614. The number of ether oxygens (including phenoxy) is 2. The summed E-state index contributed by atoms with van der Waals surface area (Å²) in [6.07, 6.45) is 1.89. The fourth-order valence-corrected chi connectivity index (χ4v) is 2.39. The first kappa shape index (κ1) is 15.3. The molecule has 0 saturated carbocycles. The van der Waals surface area contributed by atoms with E-state index in [9.17, 15) is 0 Å². The molecule has 0 aliphatic carbocycles. The number of benzene rings is 1. The number of hydrogen-bond acceptors (Lipinski definition) is 4. The average Bonchev–Trinajstić information content (AvgIpc) is 2.45. The lowest BCUT2D eigenvalue weighted by molar-refractivity contribution is 0.396. The van der Waals surface area contributed by atoms with Crippen LogP contribution in [0, 0.1) is 13.8 Å². The normalized spacial score (nSPS) is 10.5. The van der Waals surface area contributed by atoms with E-state index in [0.717, 1.165) is 52.7 Å². The molecule has 0 aliphatic rings. The molecule has 0 amide bonds. The van der Waals surface area contributed by atoms with Crippen molar-refractivity contribution >= 4 is 0 Å². The Labute approximate surface area is 126 Å². The average molecular weight is 286 g/mol. The van der Waals surface area contributed by atoms with Gasteiger partial charge in [-0.15, -0.1) is 0 Å². The lowest BCUT2D eigenvalue weighted by Crippen LogP contribution is -2.01. The van der Waals surface area contributed by atoms with Crippen LogP contribution in [0.1, 0.15) is 30.4 Å². The maximum atomic E-state index is 5.52. The summed E-state index contributed by atoms with van der Waals surface area (Å²) in [6, 6.07) is 5.96. The Morgan fingerprint density at radius 1 is 0.952 bits per heavy atom. The first-order chi connectivity index (χ1) is 10.1. The topological polar surface area (TPSA) is 44.2 Å². The van der Waals surface area contributed by atoms with Gasteiger partial charge in [0.05, 0.1) is 25.5 Å². The zero-order valence-corrected chi connectivity index (χ0v) is 13.4. The van der Waals surface area contributed by atoms with Crippen molar-refractivity contribution in [1.29, 1.82) is 0 Å². The van der Waals surface area contributed by atoms with Crippen LogP contribution in [0.25, 0.3) is 11.3 Å². The second-order valence-corrected chi connectivity index (χ2v) is 5.11. The second-order valence-electron chi connectivity index (χ2n) is 5.11. The van der Waals surface area contributed by atoms with Crippen molar-refractivity contribution in [3.63, 3.8) is 0 Å². The van der Waals surface area contributed by atoms with Crippen molar-refractivity contribution in [2.75, 3.05) is 14.2 Å². The monoisotopic (exact) mass is 286 g/mol. The van der Waals surface area contributed by atoms with Crippen molar-refractivity contribution in [2.24, 2.45) is 0 Å². The van der Waals surface area contributed by atoms with Crippen molar-refractivity contribution in [2.45, 2.75) is 33.6 Å². The minimum absolute atomic E-state index is 0.771. The summed E-state index contributed by atoms with van der Waals surface area (Å²) in [4.78, 5) is 9.15. The van der Waals surface area contributed by atoms with Gasteiger partial charge in [0.1, 0.15) is 17.3 Å². The number of methoxy groups -OCH3 is 2. The minimum atomic E-state index is 0.771. The van der Waals surface area contributed by atoms with Gasteiger partial charge >= 0.3 is 0 Å². The zero-order chi connectivity index (χ0) is 15.4. The molecule has 0 radical (unpaired) electrons. The van der Waals surface area contributed by atoms with Crippen LogP contribution in [0.3, 0.4) is 0 Å². The first-order valence-corrected chi connectivity index (χ1v) is 7.16. The lowest BCUT2D eigenvalue weighted by atomic mass is 10.1. The van der Waals surface area contributed by atoms with Gasteiger partial charge in [-0.05, 0) is 44.0 Å². The van der Waals surface area contributed by atoms with Crippen LogP contribution in [0.5, 0.6) is 11.5 Å². The van der Waals surface area contributed by atoms with E-state index in [2.05, 4.69) is 16.9 Å². The molecule has 0 N–H and O–H groups in total. The highest BCUT2D eigenvalue weighted by molar-refractivity contribution is 5.75. The van der Waals surface area contributed by atoms with Crippen molar-refractivity contribution < 1.29 is 9.47 Å². The van der Waals surface area contributed by atoms with Crippen LogP contribution >= 0.6 is 0 Å². The molecule has 0 aliphatic heterocycles. The van der Waals surface area contributed by atoms with Crippen LogP contribution in [-0.4, -0.2) is 24.2 Å². The van der Waals surface area contributed by atoms with Gasteiger partial charge in [-0.3, -0.25) is 0 Å². The van der Waals surface area contributed by atoms with E-state index in [1.54, 1.807) is 14.2 Å². The predicted molar refractivity (Wildman–Crippen MR) is 84.0 cm³/mol. The van der Waals surface area contributed by atoms with Gasteiger partial charge in [0.15, 0.2) is 0 Å². The van der Waals surface area contributed by atoms with Crippen molar-refractivity contribution in [1.82, 2.24) is 9.97 Å². The van der Waals surface area contributed by atoms with E-state index >= 15 is 0 Å². The fourth-order valence-electron chi connectivity index (χ4n) is 2.39. The molecule has 21 heavy (non-hydrogen) atoms. The van der Waals surface area contributed by atoms with Crippen molar-refractivity contribution in [3.05, 3.63) is 35.3 Å². The number of rotatable bonds is 5. The molecule has 0 saturated heterocycles. The van der Waals surface area contributed by atoms with Crippen LogP contribution in [0.15, 0.2) is 18.2 Å². The Balaban J connectivity index is 2.65. The predicted octanol–water partition coefficient (Wildman–Crippen LogP) is 3.73. The molecule has 2 aromatic rings. The number of aromatic nitrogens is 2. The molecule has 4 heteroatoms. The third-order valence-electron chi connectivity index (χ3n) is 3.28. The molecule has 2 rings (SSSR count). The first-order valence-electron chi connectivity index (χ1n) is 7.16. The molecule has 0 atom stereocenters. The van der Waals surface area contributed by atoms with E-state index in [1.807, 2.05) is 32.0 Å². The van der Waals surface area contributed by atoms with E-state index in [0.29, 0.717) is 0 Å². The molecule has 1 aromatic carbocycles. The molecular formula is C17H22N2O2. The summed E-state index contributed by atoms with van der Waals surface area (Å²) in [6.45, 7) is 6.12. The quantitative estimate of drug-likeness (QED) is 0.840. The number of aryl methyl sites for hydroxylation is 3. The molecule has 1 aromatic heterocycles. The molecule has 0 unspecified atom stereocenters. The Morgan fingerprint density at radius 2 is 1.57 bits per heavy atom. The largest absolute Gasteiger partial charge is 0.496 e. The minimum Gasteiger partial charge on any atom is -0.496 e. The van der Waals surface area contributed by atoms with Gasteiger partial charge in [0.25, 0.3) is 0 Å². The van der Waals surface area contributed by atoms with Gasteiger partial charge in [-0.1, -0.05) is 6.92 Å². The van der Waals surface area contributed by atoms with Crippen LogP contribution in [0.2, 0.25) is 0 Å². The van der Waals surface area contributed by atoms with Gasteiger partial charge in [0.2, 0.25) is 0 Å². The second kappa shape index (κ2) is 6.57. The van der Waals surface area contributed by atoms with Gasteiger partial charge in [0, 0.05) is 12.1 Å². The summed E-state index contributed by atoms with van der Waals surface area (Å²) in [5.74, 6) is 2.40. The summed E-state index contributed by atoms with van der Waals surface area (Å²) in [5.41, 5.74) is 3.77. The van der Waals surface area contributed by atoms with E-state index < -0.39 is 0 Å². The Hall–Kier alpha value is -2.10. The molecule has 0 fully saturated rings. The Morgan fingerprint density at radius 3 is 2.10 bits per heavy atom. The van der Waals surface area contributed by atoms with Gasteiger partial charge in [-0.25, -0.2) is 9.97 Å². The maximum absolute atomic E-state index is 5.52. The molecule has 4 nitrogen and oxygen atoms in total. The third-order valence-corrected chi connectivity index (χ3v) is 3.28. The zero-order valence-electron chi connectivity index (χ0n) is 13.4. The van der Waals surface area contributed by atoms with Gasteiger partial charge in [-0.2, -0.15) is 0 Å². The summed E-state index contributed by atoms with van der Waals surface area (Å²) >= 11 is 0. The molecular weight excluding hydrogens is 264 g/mol. The molecule has 112 valence electrons. The number of hydrogen-bond donors (Lipinski definition) is 0. The fraction of sp³-hybridized carbons (Fsp3) is 0.412. The summed E-state index contributed by atoms with van der Waals surface area (Å²) in [5, 5.41) is 0. The summed E-state index contributed by atoms with van der Waals surface area (Å²) < 4.78 is 11.0. The Kier molecular flexibility index (Phi) is 4.78. The maximum Gasteiger partial charge on any atom is 0.132 e.